The van der Waals surface area contributed by atoms with Gasteiger partial charge in [-0.15, -0.1) is 0 Å². The molecule has 4 amide bonds. The number of barbiturate groups is 1. The number of morpholine rings is 1. The lowest BCUT2D eigenvalue weighted by Crippen LogP contribution is -2.74. The Morgan fingerprint density at radius 1 is 1.28 bits per heavy atom. The second-order valence-corrected chi connectivity index (χ2v) is 9.20. The van der Waals surface area contributed by atoms with Crippen LogP contribution in [0, 0.1) is 5.41 Å². The Bertz CT molecular complexity index is 1190. The summed E-state index contributed by atoms with van der Waals surface area (Å²) in [7, 11) is -4.23. The first kappa shape index (κ1) is 18.1. The van der Waals surface area contributed by atoms with E-state index < -0.39 is 39.3 Å². The average Bonchev–Trinajstić information content (AvgIpc) is 3.10. The molecule has 0 aliphatic carbocycles. The number of benzene rings is 1. The summed E-state index contributed by atoms with van der Waals surface area (Å²) < 4.78 is 35.2. The van der Waals surface area contributed by atoms with Crippen molar-refractivity contribution in [3.8, 4) is 0 Å². The Morgan fingerprint density at radius 3 is 2.83 bits per heavy atom. The van der Waals surface area contributed by atoms with E-state index in [9.17, 15) is 22.8 Å². The molecule has 2 unspecified atom stereocenters. The highest BCUT2D eigenvalue weighted by Crippen LogP contribution is 2.46. The summed E-state index contributed by atoms with van der Waals surface area (Å²) in [5.74, 6) is -1.89. The molecule has 2 atom stereocenters. The molecule has 2 fully saturated rings. The van der Waals surface area contributed by atoms with Gasteiger partial charge in [-0.25, -0.2) is 13.2 Å². The lowest BCUT2D eigenvalue weighted by atomic mass is 9.68. The maximum Gasteiger partial charge on any atom is 0.344 e. The number of nitrogens with zero attached hydrogens (tertiary/aromatic N) is 3. The van der Waals surface area contributed by atoms with Crippen LogP contribution in [0.4, 0.5) is 10.5 Å². The first-order chi connectivity index (χ1) is 13.7. The largest absolute Gasteiger partial charge is 0.377 e. The Balaban J connectivity index is 1.74. The van der Waals surface area contributed by atoms with E-state index in [2.05, 4.69) is 10.5 Å². The van der Waals surface area contributed by atoms with Gasteiger partial charge in [-0.1, -0.05) is 5.16 Å². The van der Waals surface area contributed by atoms with Gasteiger partial charge >= 0.3 is 6.03 Å². The van der Waals surface area contributed by atoms with Crippen LogP contribution in [0.1, 0.15) is 5.56 Å². The fourth-order valence-corrected chi connectivity index (χ4v) is 5.27. The average molecular weight is 420 g/mol. The van der Waals surface area contributed by atoms with Crippen LogP contribution < -0.4 is 10.2 Å². The molecule has 3 aliphatic rings. The number of carbonyl (C=O) groups excluding carboxylic acids is 3. The van der Waals surface area contributed by atoms with Gasteiger partial charge in [-0.2, -0.15) is 4.31 Å². The fourth-order valence-electron chi connectivity index (χ4n) is 4.46. The zero-order chi connectivity index (χ0) is 20.6. The molecular formula is C17H16N4O7S. The number of hydrogen-bond acceptors (Lipinski definition) is 9. The second-order valence-electron chi connectivity index (χ2n) is 7.37. The lowest BCUT2D eigenvalue weighted by molar-refractivity contribution is -0.152. The lowest BCUT2D eigenvalue weighted by Gasteiger charge is -2.52. The highest BCUT2D eigenvalue weighted by molar-refractivity contribution is 7.89. The topological polar surface area (TPSA) is 139 Å². The number of amides is 4. The van der Waals surface area contributed by atoms with E-state index in [1.807, 2.05) is 4.90 Å². The van der Waals surface area contributed by atoms with E-state index in [1.54, 1.807) is 12.1 Å². The molecule has 1 aromatic carbocycles. The van der Waals surface area contributed by atoms with Crippen molar-refractivity contribution >= 4 is 44.5 Å². The van der Waals surface area contributed by atoms with Crippen LogP contribution in [0.5, 0.6) is 0 Å². The number of fused-ring (bicyclic) bond motifs is 5. The Labute approximate surface area is 164 Å². The van der Waals surface area contributed by atoms with E-state index in [4.69, 9.17) is 9.26 Å². The van der Waals surface area contributed by atoms with Crippen molar-refractivity contribution in [2.45, 2.75) is 12.5 Å². The van der Waals surface area contributed by atoms with Crippen molar-refractivity contribution < 1.29 is 32.1 Å². The van der Waals surface area contributed by atoms with Crippen molar-refractivity contribution in [2.24, 2.45) is 5.41 Å². The molecule has 29 heavy (non-hydrogen) atoms. The zero-order valence-corrected chi connectivity index (χ0v) is 16.1. The van der Waals surface area contributed by atoms with Gasteiger partial charge < -0.3 is 14.2 Å². The molecule has 4 heterocycles. The predicted molar refractivity (Wildman–Crippen MR) is 97.3 cm³/mol. The van der Waals surface area contributed by atoms with Gasteiger partial charge in [-0.3, -0.25) is 14.9 Å². The summed E-state index contributed by atoms with van der Waals surface area (Å²) in [6.07, 6.45) is 2.18. The summed E-state index contributed by atoms with van der Waals surface area (Å²) >= 11 is 0. The van der Waals surface area contributed by atoms with E-state index in [1.165, 1.54) is 6.20 Å². The molecular weight excluding hydrogens is 404 g/mol. The number of nitrogens with one attached hydrogen (secondary N) is 1. The van der Waals surface area contributed by atoms with Gasteiger partial charge in [0.1, 0.15) is 0 Å². The number of aromatic nitrogens is 1. The van der Waals surface area contributed by atoms with Gasteiger partial charge in [0, 0.05) is 23.7 Å². The maximum absolute atomic E-state index is 13.4. The van der Waals surface area contributed by atoms with E-state index in [-0.39, 0.29) is 17.3 Å². The van der Waals surface area contributed by atoms with Crippen LogP contribution in [0.2, 0.25) is 0 Å². The summed E-state index contributed by atoms with van der Waals surface area (Å²) in [6, 6.07) is 1.50. The monoisotopic (exact) mass is 420 g/mol. The zero-order valence-electron chi connectivity index (χ0n) is 15.2. The SMILES string of the molecule is CS(=O)(=O)N1C(=O)NC(=O)C2(Cc3cc4cnoc4cc3N3CCOCC32)C1=O. The normalized spacial score (nSPS) is 27.2. The van der Waals surface area contributed by atoms with Crippen molar-refractivity contribution in [2.75, 3.05) is 30.9 Å². The van der Waals surface area contributed by atoms with Crippen LogP contribution >= 0.6 is 0 Å². The number of rotatable bonds is 1. The standard InChI is InChI=1S/C17H16N4O7S/c1-29(25,26)21-15(23)17(14(22)19-16(21)24)6-9-4-10-7-18-28-12(10)5-11(9)20-2-3-27-8-13(17)20/h4-5,7,13H,2-3,6,8H2,1H3,(H,19,22,24). The van der Waals surface area contributed by atoms with Gasteiger partial charge in [-0.05, 0) is 18.1 Å². The third kappa shape index (κ3) is 2.35. The Hall–Kier alpha value is -2.99. The van der Waals surface area contributed by atoms with Crippen LogP contribution in [-0.4, -0.2) is 67.8 Å². The van der Waals surface area contributed by atoms with Gasteiger partial charge in [0.15, 0.2) is 11.0 Å². The number of sulfonamides is 1. The summed E-state index contributed by atoms with van der Waals surface area (Å²) in [6.45, 7) is 0.774. The van der Waals surface area contributed by atoms with Crippen molar-refractivity contribution in [1.29, 1.82) is 0 Å². The third-order valence-corrected chi connectivity index (χ3v) is 6.73. The Kier molecular flexibility index (Phi) is 3.59. The van der Waals surface area contributed by atoms with E-state index in [0.717, 1.165) is 11.9 Å². The van der Waals surface area contributed by atoms with Crippen molar-refractivity contribution in [3.05, 3.63) is 23.9 Å². The second kappa shape index (κ2) is 5.76. The Morgan fingerprint density at radius 2 is 2.07 bits per heavy atom. The van der Waals surface area contributed by atoms with E-state index >= 15 is 0 Å². The highest BCUT2D eigenvalue weighted by Gasteiger charge is 2.64. The summed E-state index contributed by atoms with van der Waals surface area (Å²) in [5.41, 5.74) is 0.147. The third-order valence-electron chi connectivity index (χ3n) is 5.74. The van der Waals surface area contributed by atoms with Gasteiger partial charge in [0.25, 0.3) is 5.91 Å². The molecule has 12 heteroatoms. The minimum absolute atomic E-state index is 0.0266. The molecule has 1 aromatic heterocycles. The molecule has 152 valence electrons. The van der Waals surface area contributed by atoms with Crippen LogP contribution in [0.15, 0.2) is 22.9 Å². The summed E-state index contributed by atoms with van der Waals surface area (Å²) in [5, 5.41) is 6.51. The highest BCUT2D eigenvalue weighted by atomic mass is 32.2. The van der Waals surface area contributed by atoms with Crippen LogP contribution in [0.3, 0.4) is 0 Å². The number of carbonyl (C=O) groups is 3. The number of hydrogen-bond donors (Lipinski definition) is 1. The molecule has 0 radical (unpaired) electrons. The maximum atomic E-state index is 13.4. The fraction of sp³-hybridized carbons (Fsp3) is 0.412. The number of anilines is 1. The minimum atomic E-state index is -4.23. The van der Waals surface area contributed by atoms with Gasteiger partial charge in [0.2, 0.25) is 15.9 Å². The smallest absolute Gasteiger partial charge is 0.344 e. The summed E-state index contributed by atoms with van der Waals surface area (Å²) in [4.78, 5) is 40.5. The van der Waals surface area contributed by atoms with Gasteiger partial charge in [0.05, 0.1) is 31.7 Å². The number of ether oxygens (including phenoxy) is 1. The van der Waals surface area contributed by atoms with Crippen molar-refractivity contribution in [1.82, 2.24) is 14.8 Å². The first-order valence-electron chi connectivity index (χ1n) is 8.85. The number of imide groups is 2. The van der Waals surface area contributed by atoms with Crippen LogP contribution in [0.25, 0.3) is 11.0 Å². The molecule has 2 aromatic rings. The molecule has 3 aliphatic heterocycles. The predicted octanol–water partition coefficient (Wildman–Crippen LogP) is -0.386. The molecule has 1 spiro atoms. The molecule has 0 saturated carbocycles. The molecule has 1 N–H and O–H groups in total. The molecule has 2 saturated heterocycles. The quantitative estimate of drug-likeness (QED) is 0.611. The number of urea groups is 1. The molecule has 0 bridgehead atoms. The van der Waals surface area contributed by atoms with Crippen molar-refractivity contribution in [3.63, 3.8) is 0 Å². The molecule has 11 nitrogen and oxygen atoms in total. The minimum Gasteiger partial charge on any atom is -0.377 e. The first-order valence-corrected chi connectivity index (χ1v) is 10.7. The van der Waals surface area contributed by atoms with Crippen LogP contribution in [-0.2, 0) is 30.8 Å². The molecule has 5 rings (SSSR count). The van der Waals surface area contributed by atoms with E-state index in [0.29, 0.717) is 29.7 Å².